The number of hydrogen-bond donors (Lipinski definition) is 1. The topological polar surface area (TPSA) is 91.8 Å². The quantitative estimate of drug-likeness (QED) is 0.426. The molecule has 0 aliphatic heterocycles. The van der Waals surface area contributed by atoms with E-state index in [1.54, 1.807) is 34.5 Å². The number of methoxy groups -OCH3 is 4. The summed E-state index contributed by atoms with van der Waals surface area (Å²) in [5, 5.41) is 12.1. The van der Waals surface area contributed by atoms with Crippen molar-refractivity contribution in [2.24, 2.45) is 0 Å². The molecule has 8 nitrogen and oxygen atoms in total. The molecule has 0 radical (unpaired) electrons. The summed E-state index contributed by atoms with van der Waals surface area (Å²) >= 11 is 1.33. The van der Waals surface area contributed by atoms with E-state index < -0.39 is 0 Å². The number of aromatic nitrogens is 2. The van der Waals surface area contributed by atoms with E-state index in [4.69, 9.17) is 18.9 Å². The molecular formula is C24H27N3O5S. The van der Waals surface area contributed by atoms with Crippen LogP contribution < -0.4 is 24.3 Å². The predicted molar refractivity (Wildman–Crippen MR) is 128 cm³/mol. The van der Waals surface area contributed by atoms with Gasteiger partial charge in [0.05, 0.1) is 39.9 Å². The summed E-state index contributed by atoms with van der Waals surface area (Å²) in [4.78, 5) is 12.2. The van der Waals surface area contributed by atoms with Gasteiger partial charge in [-0.15, -0.1) is 10.2 Å². The van der Waals surface area contributed by atoms with Crippen LogP contribution in [0.3, 0.4) is 0 Å². The van der Waals surface area contributed by atoms with Gasteiger partial charge in [0.15, 0.2) is 11.5 Å². The summed E-state index contributed by atoms with van der Waals surface area (Å²) in [5.41, 5.74) is 2.55. The number of carbonyl (C=O) groups is 1. The number of hydrogen-bond acceptors (Lipinski definition) is 8. The Hall–Kier alpha value is -3.46. The standard InChI is InChI=1S/C24H27N3O5S/c1-29-17-6-7-18(21(14-17)31-3)19-8-10-24(27-26-19)33-15-23(28)25-12-11-16-5-9-20(30-2)22(13-16)32-4/h5-10,13-14H,11-12,15H2,1-4H3,(H,25,28). The summed E-state index contributed by atoms with van der Waals surface area (Å²) in [6.07, 6.45) is 0.689. The van der Waals surface area contributed by atoms with Crippen molar-refractivity contribution in [1.82, 2.24) is 15.5 Å². The Balaban J connectivity index is 1.49. The Morgan fingerprint density at radius 1 is 0.848 bits per heavy atom. The van der Waals surface area contributed by atoms with Gasteiger partial charge in [-0.05, 0) is 48.4 Å². The molecule has 0 spiro atoms. The summed E-state index contributed by atoms with van der Waals surface area (Å²) in [7, 11) is 6.40. The van der Waals surface area contributed by atoms with E-state index in [-0.39, 0.29) is 11.7 Å². The number of nitrogens with zero attached hydrogens (tertiary/aromatic N) is 2. The fourth-order valence-corrected chi connectivity index (χ4v) is 3.77. The molecule has 3 rings (SSSR count). The highest BCUT2D eigenvalue weighted by Gasteiger charge is 2.11. The van der Waals surface area contributed by atoms with Gasteiger partial charge in [0.2, 0.25) is 5.91 Å². The number of thioether (sulfide) groups is 1. The lowest BCUT2D eigenvalue weighted by Crippen LogP contribution is -2.27. The molecule has 0 bridgehead atoms. The third-order valence-electron chi connectivity index (χ3n) is 4.86. The van der Waals surface area contributed by atoms with Crippen LogP contribution in [0.25, 0.3) is 11.3 Å². The molecule has 9 heteroatoms. The van der Waals surface area contributed by atoms with Crippen molar-refractivity contribution < 1.29 is 23.7 Å². The molecule has 0 atom stereocenters. The first-order chi connectivity index (χ1) is 16.1. The maximum Gasteiger partial charge on any atom is 0.230 e. The minimum atomic E-state index is -0.0665. The van der Waals surface area contributed by atoms with Crippen LogP contribution in [-0.4, -0.2) is 56.8 Å². The first kappa shape index (κ1) is 24.2. The van der Waals surface area contributed by atoms with E-state index in [2.05, 4.69) is 15.5 Å². The molecule has 0 fully saturated rings. The molecule has 33 heavy (non-hydrogen) atoms. The largest absolute Gasteiger partial charge is 0.497 e. The third-order valence-corrected chi connectivity index (χ3v) is 5.78. The van der Waals surface area contributed by atoms with Crippen LogP contribution in [0.4, 0.5) is 0 Å². The molecule has 2 aromatic carbocycles. The maximum atomic E-state index is 12.2. The molecule has 0 unspecified atom stereocenters. The molecule has 1 aromatic heterocycles. The van der Waals surface area contributed by atoms with E-state index in [9.17, 15) is 4.79 Å². The average molecular weight is 470 g/mol. The number of rotatable bonds is 11. The number of amides is 1. The number of benzene rings is 2. The predicted octanol–water partition coefficient (Wildman–Crippen LogP) is 3.63. The molecule has 0 aliphatic rings. The van der Waals surface area contributed by atoms with Gasteiger partial charge in [0.1, 0.15) is 16.5 Å². The van der Waals surface area contributed by atoms with Crippen molar-refractivity contribution in [2.75, 3.05) is 40.7 Å². The summed E-state index contributed by atoms with van der Waals surface area (Å²) in [6.45, 7) is 0.525. The van der Waals surface area contributed by atoms with Crippen LogP contribution in [0.5, 0.6) is 23.0 Å². The summed E-state index contributed by atoms with van der Waals surface area (Å²) in [6, 6.07) is 14.9. The van der Waals surface area contributed by atoms with E-state index in [1.807, 2.05) is 42.5 Å². The van der Waals surface area contributed by atoms with Crippen molar-refractivity contribution >= 4 is 17.7 Å². The van der Waals surface area contributed by atoms with Gasteiger partial charge in [-0.25, -0.2) is 0 Å². The number of nitrogens with one attached hydrogen (secondary N) is 1. The average Bonchev–Trinajstić information content (AvgIpc) is 2.87. The Morgan fingerprint density at radius 3 is 2.30 bits per heavy atom. The van der Waals surface area contributed by atoms with E-state index >= 15 is 0 Å². The minimum Gasteiger partial charge on any atom is -0.497 e. The summed E-state index contributed by atoms with van der Waals surface area (Å²) < 4.78 is 21.2. The molecule has 0 aliphatic carbocycles. The maximum absolute atomic E-state index is 12.2. The van der Waals surface area contributed by atoms with Crippen molar-refractivity contribution in [2.45, 2.75) is 11.4 Å². The zero-order valence-corrected chi connectivity index (χ0v) is 19.9. The lowest BCUT2D eigenvalue weighted by molar-refractivity contribution is -0.118. The van der Waals surface area contributed by atoms with Crippen molar-refractivity contribution in [1.29, 1.82) is 0 Å². The lowest BCUT2D eigenvalue weighted by Gasteiger charge is -2.10. The highest BCUT2D eigenvalue weighted by molar-refractivity contribution is 7.99. The molecule has 3 aromatic rings. The van der Waals surface area contributed by atoms with Gasteiger partial charge in [-0.2, -0.15) is 0 Å². The van der Waals surface area contributed by atoms with Crippen LogP contribution >= 0.6 is 11.8 Å². The second-order valence-electron chi connectivity index (χ2n) is 6.90. The fraction of sp³-hybridized carbons (Fsp3) is 0.292. The zero-order valence-electron chi connectivity index (χ0n) is 19.1. The van der Waals surface area contributed by atoms with Gasteiger partial charge in [-0.1, -0.05) is 17.8 Å². The Kier molecular flexibility index (Phi) is 8.77. The van der Waals surface area contributed by atoms with Crippen LogP contribution in [0.2, 0.25) is 0 Å². The minimum absolute atomic E-state index is 0.0665. The first-order valence-corrected chi connectivity index (χ1v) is 11.2. The monoisotopic (exact) mass is 469 g/mol. The van der Waals surface area contributed by atoms with E-state index in [0.29, 0.717) is 46.7 Å². The third kappa shape index (κ3) is 6.52. The lowest BCUT2D eigenvalue weighted by atomic mass is 10.1. The SMILES string of the molecule is COc1ccc(-c2ccc(SCC(=O)NCCc3ccc(OC)c(OC)c3)nn2)c(OC)c1. The fourth-order valence-electron chi connectivity index (χ4n) is 3.12. The normalized spacial score (nSPS) is 10.4. The molecule has 1 amide bonds. The number of carbonyl (C=O) groups excluding carboxylic acids is 1. The van der Waals surface area contributed by atoms with E-state index in [1.165, 1.54) is 11.8 Å². The second-order valence-corrected chi connectivity index (χ2v) is 7.90. The first-order valence-electron chi connectivity index (χ1n) is 10.2. The second kappa shape index (κ2) is 12.0. The Labute approximate surface area is 197 Å². The smallest absolute Gasteiger partial charge is 0.230 e. The molecule has 1 N–H and O–H groups in total. The van der Waals surface area contributed by atoms with Crippen LogP contribution in [0.1, 0.15) is 5.56 Å². The van der Waals surface area contributed by atoms with Crippen LogP contribution in [0, 0.1) is 0 Å². The van der Waals surface area contributed by atoms with Crippen molar-refractivity contribution in [3.8, 4) is 34.3 Å². The summed E-state index contributed by atoms with van der Waals surface area (Å²) in [5.74, 6) is 2.89. The van der Waals surface area contributed by atoms with Crippen LogP contribution in [-0.2, 0) is 11.2 Å². The Morgan fingerprint density at radius 2 is 1.64 bits per heavy atom. The van der Waals surface area contributed by atoms with Gasteiger partial charge >= 0.3 is 0 Å². The molecule has 0 saturated carbocycles. The van der Waals surface area contributed by atoms with Gasteiger partial charge in [0.25, 0.3) is 0 Å². The molecule has 0 saturated heterocycles. The zero-order chi connectivity index (χ0) is 23.6. The van der Waals surface area contributed by atoms with Crippen LogP contribution in [0.15, 0.2) is 53.6 Å². The molecule has 174 valence electrons. The van der Waals surface area contributed by atoms with Crippen molar-refractivity contribution in [3.63, 3.8) is 0 Å². The highest BCUT2D eigenvalue weighted by atomic mass is 32.2. The molecule has 1 heterocycles. The molecular weight excluding hydrogens is 442 g/mol. The van der Waals surface area contributed by atoms with E-state index in [0.717, 1.165) is 11.1 Å². The number of ether oxygens (including phenoxy) is 4. The van der Waals surface area contributed by atoms with Crippen molar-refractivity contribution in [3.05, 3.63) is 54.1 Å². The van der Waals surface area contributed by atoms with Gasteiger partial charge < -0.3 is 24.3 Å². The van der Waals surface area contributed by atoms with Gasteiger partial charge in [0, 0.05) is 18.2 Å². The Bertz CT molecular complexity index is 1080. The highest BCUT2D eigenvalue weighted by Crippen LogP contribution is 2.32. The van der Waals surface area contributed by atoms with Gasteiger partial charge in [-0.3, -0.25) is 4.79 Å².